The molecular weight excluding hydrogens is 210 g/mol. The summed E-state index contributed by atoms with van der Waals surface area (Å²) in [7, 11) is 2.04. The molecule has 1 heterocycles. The fraction of sp³-hybridized carbons (Fsp3) is 0.636. The summed E-state index contributed by atoms with van der Waals surface area (Å²) < 4.78 is 0. The van der Waals surface area contributed by atoms with Gasteiger partial charge in [0.2, 0.25) is 0 Å². The molecule has 4 heteroatoms. The summed E-state index contributed by atoms with van der Waals surface area (Å²) >= 11 is 5.99. The topological polar surface area (TPSA) is 29.0 Å². The highest BCUT2D eigenvalue weighted by Crippen LogP contribution is 2.27. The molecular formula is C11H16ClN3. The zero-order chi connectivity index (χ0) is 10.8. The smallest absolute Gasteiger partial charge is 0.135 e. The van der Waals surface area contributed by atoms with E-state index in [1.807, 2.05) is 14.0 Å². The third kappa shape index (κ3) is 2.23. The monoisotopic (exact) mass is 225 g/mol. The number of hydrogen-bond donors (Lipinski definition) is 0. The summed E-state index contributed by atoms with van der Waals surface area (Å²) in [6, 6.07) is 0. The summed E-state index contributed by atoms with van der Waals surface area (Å²) in [6.07, 6.45) is 5.06. The lowest BCUT2D eigenvalue weighted by atomic mass is 10.2. The molecule has 1 aliphatic carbocycles. The lowest BCUT2D eigenvalue weighted by Crippen LogP contribution is -2.26. The Labute approximate surface area is 95.5 Å². The van der Waals surface area contributed by atoms with E-state index >= 15 is 0 Å². The Balaban J connectivity index is 2.24. The van der Waals surface area contributed by atoms with Gasteiger partial charge in [-0.3, -0.25) is 0 Å². The van der Waals surface area contributed by atoms with E-state index in [0.29, 0.717) is 0 Å². The molecule has 0 amide bonds. The summed E-state index contributed by atoms with van der Waals surface area (Å²) in [5.41, 5.74) is 2.53. The van der Waals surface area contributed by atoms with Gasteiger partial charge in [-0.05, 0) is 26.2 Å². The van der Waals surface area contributed by atoms with Crippen LogP contribution in [0.3, 0.4) is 0 Å². The SMILES string of the molecule is CC(Cl)CN(C)c1ncnc2c1CCC2. The molecule has 0 saturated carbocycles. The first-order valence-corrected chi connectivity index (χ1v) is 5.80. The van der Waals surface area contributed by atoms with E-state index in [1.165, 1.54) is 17.7 Å². The van der Waals surface area contributed by atoms with Crippen molar-refractivity contribution >= 4 is 17.4 Å². The van der Waals surface area contributed by atoms with Gasteiger partial charge >= 0.3 is 0 Å². The number of rotatable bonds is 3. The van der Waals surface area contributed by atoms with Crippen LogP contribution in [-0.2, 0) is 12.8 Å². The number of aryl methyl sites for hydroxylation is 1. The van der Waals surface area contributed by atoms with Crippen LogP contribution in [0.2, 0.25) is 0 Å². The van der Waals surface area contributed by atoms with Gasteiger partial charge in [-0.2, -0.15) is 0 Å². The van der Waals surface area contributed by atoms with Gasteiger partial charge in [0.25, 0.3) is 0 Å². The minimum atomic E-state index is 0.141. The molecule has 0 aromatic carbocycles. The molecule has 2 rings (SSSR count). The molecule has 0 fully saturated rings. The van der Waals surface area contributed by atoms with Crippen LogP contribution in [0.25, 0.3) is 0 Å². The van der Waals surface area contributed by atoms with Crippen LogP contribution in [0, 0.1) is 0 Å². The number of nitrogens with zero attached hydrogens (tertiary/aromatic N) is 3. The normalized spacial score (nSPS) is 16.2. The number of fused-ring (bicyclic) bond motifs is 1. The zero-order valence-electron chi connectivity index (χ0n) is 9.20. The highest BCUT2D eigenvalue weighted by molar-refractivity contribution is 6.20. The first-order valence-electron chi connectivity index (χ1n) is 5.36. The van der Waals surface area contributed by atoms with E-state index < -0.39 is 0 Å². The van der Waals surface area contributed by atoms with Crippen LogP contribution in [0.15, 0.2) is 6.33 Å². The maximum atomic E-state index is 5.99. The highest BCUT2D eigenvalue weighted by atomic mass is 35.5. The number of alkyl halides is 1. The van der Waals surface area contributed by atoms with Gasteiger partial charge in [-0.15, -0.1) is 11.6 Å². The molecule has 0 saturated heterocycles. The van der Waals surface area contributed by atoms with E-state index in [0.717, 1.165) is 25.2 Å². The van der Waals surface area contributed by atoms with Crippen molar-refractivity contribution in [3.05, 3.63) is 17.6 Å². The molecule has 0 radical (unpaired) electrons. The molecule has 15 heavy (non-hydrogen) atoms. The van der Waals surface area contributed by atoms with Gasteiger partial charge in [-0.25, -0.2) is 9.97 Å². The van der Waals surface area contributed by atoms with Gasteiger partial charge in [-0.1, -0.05) is 0 Å². The summed E-state index contributed by atoms with van der Waals surface area (Å²) in [6.45, 7) is 2.82. The Bertz CT molecular complexity index is 352. The predicted molar refractivity (Wildman–Crippen MR) is 62.6 cm³/mol. The molecule has 0 bridgehead atoms. The fourth-order valence-corrected chi connectivity index (χ4v) is 2.34. The summed E-state index contributed by atoms with van der Waals surface area (Å²) in [4.78, 5) is 10.8. The van der Waals surface area contributed by atoms with Crippen molar-refractivity contribution < 1.29 is 0 Å². The van der Waals surface area contributed by atoms with Crippen molar-refractivity contribution in [2.24, 2.45) is 0 Å². The molecule has 3 nitrogen and oxygen atoms in total. The summed E-state index contributed by atoms with van der Waals surface area (Å²) in [5.74, 6) is 1.06. The Morgan fingerprint density at radius 1 is 1.47 bits per heavy atom. The molecule has 0 N–H and O–H groups in total. The van der Waals surface area contributed by atoms with E-state index in [-0.39, 0.29) is 5.38 Å². The van der Waals surface area contributed by atoms with E-state index in [9.17, 15) is 0 Å². The van der Waals surface area contributed by atoms with E-state index in [4.69, 9.17) is 11.6 Å². The van der Waals surface area contributed by atoms with Crippen molar-refractivity contribution in [1.82, 2.24) is 9.97 Å². The molecule has 0 spiro atoms. The average molecular weight is 226 g/mol. The van der Waals surface area contributed by atoms with Gasteiger partial charge < -0.3 is 4.90 Å². The Morgan fingerprint density at radius 3 is 3.00 bits per heavy atom. The van der Waals surface area contributed by atoms with E-state index in [2.05, 4.69) is 14.9 Å². The van der Waals surface area contributed by atoms with Gasteiger partial charge in [0.15, 0.2) is 0 Å². The van der Waals surface area contributed by atoms with Crippen molar-refractivity contribution in [2.45, 2.75) is 31.6 Å². The molecule has 1 atom stereocenters. The molecule has 1 aromatic rings. The van der Waals surface area contributed by atoms with Crippen LogP contribution in [0.5, 0.6) is 0 Å². The third-order valence-electron chi connectivity index (χ3n) is 2.74. The first-order chi connectivity index (χ1) is 7.18. The lowest BCUT2D eigenvalue weighted by molar-refractivity contribution is 0.830. The lowest BCUT2D eigenvalue weighted by Gasteiger charge is -2.21. The Morgan fingerprint density at radius 2 is 2.27 bits per heavy atom. The van der Waals surface area contributed by atoms with Gasteiger partial charge in [0.1, 0.15) is 12.1 Å². The second-order valence-electron chi connectivity index (χ2n) is 4.14. The van der Waals surface area contributed by atoms with Gasteiger partial charge in [0, 0.05) is 30.2 Å². The fourth-order valence-electron chi connectivity index (χ4n) is 2.14. The maximum Gasteiger partial charge on any atom is 0.135 e. The average Bonchev–Trinajstić information content (AvgIpc) is 2.63. The standard InChI is InChI=1S/C11H16ClN3/c1-8(12)6-15(2)11-9-4-3-5-10(9)13-7-14-11/h7-8H,3-6H2,1-2H3. The minimum Gasteiger partial charge on any atom is -0.358 e. The molecule has 1 aromatic heterocycles. The Kier molecular flexibility index (Phi) is 3.10. The molecule has 0 aliphatic heterocycles. The molecule has 82 valence electrons. The van der Waals surface area contributed by atoms with Crippen molar-refractivity contribution in [3.8, 4) is 0 Å². The zero-order valence-corrected chi connectivity index (χ0v) is 9.96. The number of halogens is 1. The molecule has 1 aliphatic rings. The number of anilines is 1. The Hall–Kier alpha value is -0.830. The quantitative estimate of drug-likeness (QED) is 0.738. The van der Waals surface area contributed by atoms with Crippen LogP contribution in [0.4, 0.5) is 5.82 Å². The van der Waals surface area contributed by atoms with Crippen molar-refractivity contribution in [1.29, 1.82) is 0 Å². The molecule has 1 unspecified atom stereocenters. The van der Waals surface area contributed by atoms with Crippen LogP contribution in [-0.4, -0.2) is 28.9 Å². The van der Waals surface area contributed by atoms with Crippen LogP contribution in [0.1, 0.15) is 24.6 Å². The van der Waals surface area contributed by atoms with Gasteiger partial charge in [0.05, 0.1) is 0 Å². The summed E-state index contributed by atoms with van der Waals surface area (Å²) in [5, 5.41) is 0.141. The second kappa shape index (κ2) is 4.35. The first kappa shape index (κ1) is 10.7. The van der Waals surface area contributed by atoms with E-state index in [1.54, 1.807) is 6.33 Å². The highest BCUT2D eigenvalue weighted by Gasteiger charge is 2.19. The third-order valence-corrected chi connectivity index (χ3v) is 2.88. The van der Waals surface area contributed by atoms with Crippen molar-refractivity contribution in [2.75, 3.05) is 18.5 Å². The second-order valence-corrected chi connectivity index (χ2v) is 4.88. The van der Waals surface area contributed by atoms with Crippen LogP contribution >= 0.6 is 11.6 Å². The largest absolute Gasteiger partial charge is 0.358 e. The maximum absolute atomic E-state index is 5.99. The number of hydrogen-bond acceptors (Lipinski definition) is 3. The minimum absolute atomic E-state index is 0.141. The number of aromatic nitrogens is 2. The predicted octanol–water partition coefficient (Wildman–Crippen LogP) is 2.03. The van der Waals surface area contributed by atoms with Crippen molar-refractivity contribution in [3.63, 3.8) is 0 Å². The van der Waals surface area contributed by atoms with Crippen LogP contribution < -0.4 is 4.90 Å².